The van der Waals surface area contributed by atoms with Crippen LogP contribution in [0.1, 0.15) is 34.1 Å². The van der Waals surface area contributed by atoms with E-state index in [0.717, 1.165) is 13.1 Å². The van der Waals surface area contributed by atoms with Gasteiger partial charge in [-0.05, 0) is 13.8 Å². The monoisotopic (exact) mass is 285 g/mol. The van der Waals surface area contributed by atoms with Crippen LogP contribution < -0.4 is 16.0 Å². The molecule has 20 heavy (non-hydrogen) atoms. The van der Waals surface area contributed by atoms with E-state index in [1.54, 1.807) is 0 Å². The Hall–Kier alpha value is -0.910. The van der Waals surface area contributed by atoms with Gasteiger partial charge in [0.15, 0.2) is 0 Å². The van der Waals surface area contributed by atoms with Crippen LogP contribution in [-0.4, -0.2) is 50.3 Å². The summed E-state index contributed by atoms with van der Waals surface area (Å²) in [6.07, 6.45) is 2.67. The van der Waals surface area contributed by atoms with Gasteiger partial charge < -0.3 is 21.1 Å². The van der Waals surface area contributed by atoms with Gasteiger partial charge in [-0.1, -0.05) is 25.5 Å². The highest BCUT2D eigenvalue weighted by Crippen LogP contribution is 2.17. The summed E-state index contributed by atoms with van der Waals surface area (Å²) >= 11 is 0. The minimum absolute atomic E-state index is 0.00383. The Balaban J connectivity index is 3.62. The van der Waals surface area contributed by atoms with Crippen LogP contribution in [-0.2, 0) is 4.79 Å². The Morgan fingerprint density at radius 3 is 2.25 bits per heavy atom. The maximum absolute atomic E-state index is 11.7. The van der Waals surface area contributed by atoms with Gasteiger partial charge in [-0.3, -0.25) is 4.79 Å². The van der Waals surface area contributed by atoms with Crippen LogP contribution >= 0.6 is 0 Å². The summed E-state index contributed by atoms with van der Waals surface area (Å²) in [6.45, 7) is 12.1. The molecule has 4 N–H and O–H groups in total. The van der Waals surface area contributed by atoms with Crippen LogP contribution in [0.15, 0.2) is 11.6 Å². The highest BCUT2D eigenvalue weighted by molar-refractivity contribution is 5.76. The molecule has 0 aromatic carbocycles. The van der Waals surface area contributed by atoms with Crippen molar-refractivity contribution in [3.63, 3.8) is 0 Å². The first-order valence-corrected chi connectivity index (χ1v) is 7.32. The van der Waals surface area contributed by atoms with Gasteiger partial charge in [0.2, 0.25) is 5.91 Å². The molecule has 5 nitrogen and oxygen atoms in total. The molecule has 0 aromatic heterocycles. The quantitative estimate of drug-likeness (QED) is 0.332. The molecule has 0 bridgehead atoms. The number of rotatable bonds is 11. The average Bonchev–Trinajstić information content (AvgIpc) is 2.34. The summed E-state index contributed by atoms with van der Waals surface area (Å²) in [7, 11) is 0. The van der Waals surface area contributed by atoms with Crippen molar-refractivity contribution in [2.75, 3.05) is 39.3 Å². The maximum atomic E-state index is 11.7. The molecular weight excluding hydrogens is 254 g/mol. The first kappa shape index (κ1) is 19.1. The highest BCUT2D eigenvalue weighted by Gasteiger charge is 2.15. The van der Waals surface area contributed by atoms with Crippen molar-refractivity contribution in [1.82, 2.24) is 16.0 Å². The maximum Gasteiger partial charge on any atom is 0.221 e. The molecule has 0 aromatic rings. The van der Waals surface area contributed by atoms with Crippen molar-refractivity contribution in [2.24, 2.45) is 5.41 Å². The molecule has 1 amide bonds. The fourth-order valence-electron chi connectivity index (χ4n) is 1.96. The van der Waals surface area contributed by atoms with Gasteiger partial charge in [-0.25, -0.2) is 0 Å². The SMILES string of the molecule is CC(C)=CC(C)(C)CNC(=O)CCNCCNCCO. The smallest absolute Gasteiger partial charge is 0.221 e. The third-order valence-electron chi connectivity index (χ3n) is 2.72. The second-order valence-corrected chi connectivity index (χ2v) is 5.96. The Labute approximate surface area is 123 Å². The molecule has 0 atom stereocenters. The minimum atomic E-state index is -0.00383. The zero-order valence-corrected chi connectivity index (χ0v) is 13.4. The lowest BCUT2D eigenvalue weighted by atomic mass is 9.91. The number of hydrogen-bond donors (Lipinski definition) is 4. The van der Waals surface area contributed by atoms with Gasteiger partial charge in [0, 0.05) is 44.6 Å². The standard InChI is InChI=1S/C15H31N3O2/c1-13(2)11-15(3,4)12-18-14(20)5-6-16-7-8-17-9-10-19/h11,16-17,19H,5-10,12H2,1-4H3,(H,18,20). The van der Waals surface area contributed by atoms with Crippen LogP contribution in [0.5, 0.6) is 0 Å². The molecule has 5 heteroatoms. The van der Waals surface area contributed by atoms with Crippen LogP contribution in [0, 0.1) is 5.41 Å². The summed E-state index contributed by atoms with van der Waals surface area (Å²) < 4.78 is 0. The second-order valence-electron chi connectivity index (χ2n) is 5.96. The Bertz CT molecular complexity index is 297. The number of nitrogens with one attached hydrogen (secondary N) is 3. The largest absolute Gasteiger partial charge is 0.395 e. The van der Waals surface area contributed by atoms with Gasteiger partial charge in [0.25, 0.3) is 0 Å². The summed E-state index contributed by atoms with van der Waals surface area (Å²) in [4.78, 5) is 11.7. The molecule has 0 heterocycles. The molecule has 0 fully saturated rings. The Kier molecular flexibility index (Phi) is 10.3. The first-order valence-electron chi connectivity index (χ1n) is 7.32. The lowest BCUT2D eigenvalue weighted by Gasteiger charge is -2.21. The number of hydrogen-bond acceptors (Lipinski definition) is 4. The Morgan fingerprint density at radius 1 is 1.10 bits per heavy atom. The van der Waals surface area contributed by atoms with Gasteiger partial charge >= 0.3 is 0 Å². The lowest BCUT2D eigenvalue weighted by molar-refractivity contribution is -0.121. The Morgan fingerprint density at radius 2 is 1.70 bits per heavy atom. The topological polar surface area (TPSA) is 73.4 Å². The van der Waals surface area contributed by atoms with Crippen LogP contribution in [0.25, 0.3) is 0 Å². The van der Waals surface area contributed by atoms with E-state index in [-0.39, 0.29) is 17.9 Å². The zero-order valence-electron chi connectivity index (χ0n) is 13.4. The predicted molar refractivity (Wildman–Crippen MR) is 83.7 cm³/mol. The summed E-state index contributed by atoms with van der Waals surface area (Å²) in [6, 6.07) is 0. The number of carbonyl (C=O) groups excluding carboxylic acids is 1. The number of aliphatic hydroxyl groups excluding tert-OH is 1. The number of amides is 1. The van der Waals surface area contributed by atoms with Crippen molar-refractivity contribution in [1.29, 1.82) is 0 Å². The molecular formula is C15H31N3O2. The number of allylic oxidation sites excluding steroid dienone is 1. The van der Waals surface area contributed by atoms with Crippen molar-refractivity contribution in [3.8, 4) is 0 Å². The second kappa shape index (κ2) is 10.8. The van der Waals surface area contributed by atoms with E-state index in [4.69, 9.17) is 5.11 Å². The van der Waals surface area contributed by atoms with E-state index < -0.39 is 0 Å². The first-order chi connectivity index (χ1) is 9.37. The third-order valence-corrected chi connectivity index (χ3v) is 2.72. The average molecular weight is 285 g/mol. The number of carbonyl (C=O) groups is 1. The molecule has 0 spiro atoms. The molecule has 0 saturated heterocycles. The van der Waals surface area contributed by atoms with Crippen LogP contribution in [0.4, 0.5) is 0 Å². The third kappa shape index (κ3) is 12.1. The molecule has 0 aliphatic heterocycles. The van der Waals surface area contributed by atoms with E-state index in [1.807, 2.05) is 0 Å². The van der Waals surface area contributed by atoms with E-state index >= 15 is 0 Å². The van der Waals surface area contributed by atoms with E-state index in [9.17, 15) is 4.79 Å². The molecule has 0 aliphatic carbocycles. The summed E-state index contributed by atoms with van der Waals surface area (Å²) in [5.41, 5.74) is 1.26. The summed E-state index contributed by atoms with van der Waals surface area (Å²) in [5.74, 6) is 0.0797. The molecule has 0 aliphatic rings. The normalized spacial score (nSPS) is 11.2. The van der Waals surface area contributed by atoms with Gasteiger partial charge in [0.05, 0.1) is 6.61 Å². The van der Waals surface area contributed by atoms with Crippen molar-refractivity contribution in [3.05, 3.63) is 11.6 Å². The predicted octanol–water partition coefficient (Wildman–Crippen LogP) is 0.657. The number of aliphatic hydroxyl groups is 1. The van der Waals surface area contributed by atoms with E-state index in [2.05, 4.69) is 49.7 Å². The fourth-order valence-corrected chi connectivity index (χ4v) is 1.96. The molecule has 0 radical (unpaired) electrons. The van der Waals surface area contributed by atoms with Crippen molar-refractivity contribution < 1.29 is 9.90 Å². The van der Waals surface area contributed by atoms with Gasteiger partial charge in [0.1, 0.15) is 0 Å². The minimum Gasteiger partial charge on any atom is -0.395 e. The molecule has 0 saturated carbocycles. The molecule has 118 valence electrons. The highest BCUT2D eigenvalue weighted by atomic mass is 16.3. The molecule has 0 unspecified atom stereocenters. The fraction of sp³-hybridized carbons (Fsp3) is 0.800. The van der Waals surface area contributed by atoms with E-state index in [1.165, 1.54) is 5.57 Å². The van der Waals surface area contributed by atoms with Crippen LogP contribution in [0.2, 0.25) is 0 Å². The van der Waals surface area contributed by atoms with Crippen molar-refractivity contribution in [2.45, 2.75) is 34.1 Å². The summed E-state index contributed by atoms with van der Waals surface area (Å²) in [5, 5.41) is 17.8. The van der Waals surface area contributed by atoms with Crippen LogP contribution in [0.3, 0.4) is 0 Å². The molecule has 0 rings (SSSR count). The lowest BCUT2D eigenvalue weighted by Crippen LogP contribution is -2.35. The van der Waals surface area contributed by atoms with Gasteiger partial charge in [-0.15, -0.1) is 0 Å². The van der Waals surface area contributed by atoms with E-state index in [0.29, 0.717) is 26.1 Å². The van der Waals surface area contributed by atoms with Crippen molar-refractivity contribution >= 4 is 5.91 Å². The van der Waals surface area contributed by atoms with Gasteiger partial charge in [-0.2, -0.15) is 0 Å². The zero-order chi connectivity index (χ0) is 15.4.